The molecule has 0 aromatic heterocycles. The molecule has 0 saturated heterocycles. The van der Waals surface area contributed by atoms with Gasteiger partial charge >= 0.3 is 0 Å². The molecule has 64 valence electrons. The van der Waals surface area contributed by atoms with Crippen molar-refractivity contribution >= 4 is 0 Å². The third-order valence-corrected chi connectivity index (χ3v) is 2.68. The van der Waals surface area contributed by atoms with Gasteiger partial charge in [-0.05, 0) is 17.5 Å². The molecule has 0 amide bonds. The van der Waals surface area contributed by atoms with Gasteiger partial charge in [0.05, 0.1) is 0 Å². The first-order chi connectivity index (χ1) is 5.83. The Hall–Kier alpha value is -0.860. The number of nitrogens with two attached hydrogens (primary N) is 2. The third-order valence-electron chi connectivity index (χ3n) is 2.68. The van der Waals surface area contributed by atoms with Crippen LogP contribution in [0, 0.1) is 0 Å². The molecule has 12 heavy (non-hydrogen) atoms. The fraction of sp³-hybridized carbons (Fsp3) is 0.400. The fourth-order valence-corrected chi connectivity index (χ4v) is 2.01. The van der Waals surface area contributed by atoms with Crippen LogP contribution in [0.3, 0.4) is 0 Å². The topological polar surface area (TPSA) is 52.0 Å². The Balaban J connectivity index is 2.40. The van der Waals surface area contributed by atoms with E-state index in [0.29, 0.717) is 12.5 Å². The zero-order valence-corrected chi connectivity index (χ0v) is 7.03. The Morgan fingerprint density at radius 2 is 2.08 bits per heavy atom. The van der Waals surface area contributed by atoms with E-state index in [2.05, 4.69) is 24.3 Å². The smallest absolute Gasteiger partial charge is 0.0161 e. The average molecular weight is 162 g/mol. The first-order valence-corrected chi connectivity index (χ1v) is 4.36. The lowest BCUT2D eigenvalue weighted by Crippen LogP contribution is -2.29. The number of hydrogen-bond acceptors (Lipinski definition) is 2. The summed E-state index contributed by atoms with van der Waals surface area (Å²) in [4.78, 5) is 0. The number of benzene rings is 1. The number of fused-ring (bicyclic) bond motifs is 1. The van der Waals surface area contributed by atoms with Gasteiger partial charge < -0.3 is 11.5 Å². The van der Waals surface area contributed by atoms with Gasteiger partial charge in [0.25, 0.3) is 0 Å². The second-order valence-electron chi connectivity index (χ2n) is 3.41. The highest BCUT2D eigenvalue weighted by atomic mass is 14.7. The van der Waals surface area contributed by atoms with Crippen LogP contribution in [0.2, 0.25) is 0 Å². The summed E-state index contributed by atoms with van der Waals surface area (Å²) < 4.78 is 0. The Labute approximate surface area is 72.6 Å². The van der Waals surface area contributed by atoms with Crippen LogP contribution in [0.15, 0.2) is 24.3 Å². The minimum Gasteiger partial charge on any atom is -0.330 e. The lowest BCUT2D eigenvalue weighted by Gasteiger charge is -2.13. The summed E-state index contributed by atoms with van der Waals surface area (Å²) in [5.41, 5.74) is 14.3. The van der Waals surface area contributed by atoms with E-state index in [9.17, 15) is 0 Å². The molecule has 0 spiro atoms. The van der Waals surface area contributed by atoms with Gasteiger partial charge in [-0.25, -0.2) is 0 Å². The first kappa shape index (κ1) is 7.77. The van der Waals surface area contributed by atoms with Gasteiger partial charge in [0.1, 0.15) is 0 Å². The number of hydrogen-bond donors (Lipinski definition) is 2. The Bertz CT molecular complexity index is 283. The fourth-order valence-electron chi connectivity index (χ4n) is 2.01. The standard InChI is InChI=1S/C10H14N2/c11-6-9-8-4-2-1-3-7(8)5-10(9)12/h1-4,9-10H,5-6,11-12H2/t9-,10-/m1/s1. The molecule has 0 aliphatic heterocycles. The molecule has 0 unspecified atom stereocenters. The van der Waals surface area contributed by atoms with Gasteiger partial charge in [0, 0.05) is 18.5 Å². The quantitative estimate of drug-likeness (QED) is 0.635. The van der Waals surface area contributed by atoms with Crippen LogP contribution in [0.25, 0.3) is 0 Å². The predicted molar refractivity (Wildman–Crippen MR) is 49.9 cm³/mol. The molecule has 1 aliphatic carbocycles. The summed E-state index contributed by atoms with van der Waals surface area (Å²) in [5.74, 6) is 0.376. The molecular formula is C10H14N2. The second kappa shape index (κ2) is 2.88. The summed E-state index contributed by atoms with van der Waals surface area (Å²) in [6.45, 7) is 0.665. The summed E-state index contributed by atoms with van der Waals surface area (Å²) in [7, 11) is 0. The maximum Gasteiger partial charge on any atom is 0.0161 e. The minimum atomic E-state index is 0.229. The van der Waals surface area contributed by atoms with Crippen molar-refractivity contribution in [1.82, 2.24) is 0 Å². The largest absolute Gasteiger partial charge is 0.330 e. The Morgan fingerprint density at radius 1 is 1.33 bits per heavy atom. The van der Waals surface area contributed by atoms with Crippen LogP contribution in [-0.2, 0) is 6.42 Å². The molecule has 0 bridgehead atoms. The Kier molecular flexibility index (Phi) is 1.87. The van der Waals surface area contributed by atoms with Crippen molar-refractivity contribution in [2.24, 2.45) is 11.5 Å². The summed E-state index contributed by atoms with van der Waals surface area (Å²) in [6.07, 6.45) is 0.984. The van der Waals surface area contributed by atoms with Crippen molar-refractivity contribution in [3.8, 4) is 0 Å². The van der Waals surface area contributed by atoms with Crippen molar-refractivity contribution in [2.45, 2.75) is 18.4 Å². The summed E-state index contributed by atoms with van der Waals surface area (Å²) in [5, 5.41) is 0. The van der Waals surface area contributed by atoms with Gasteiger partial charge in [0.15, 0.2) is 0 Å². The van der Waals surface area contributed by atoms with Crippen molar-refractivity contribution < 1.29 is 0 Å². The summed E-state index contributed by atoms with van der Waals surface area (Å²) >= 11 is 0. The highest BCUT2D eigenvalue weighted by Gasteiger charge is 2.27. The van der Waals surface area contributed by atoms with E-state index in [4.69, 9.17) is 11.5 Å². The van der Waals surface area contributed by atoms with Crippen molar-refractivity contribution in [2.75, 3.05) is 6.54 Å². The maximum atomic E-state index is 5.96. The van der Waals surface area contributed by atoms with E-state index in [1.54, 1.807) is 0 Å². The zero-order valence-electron chi connectivity index (χ0n) is 7.03. The van der Waals surface area contributed by atoms with E-state index in [-0.39, 0.29) is 6.04 Å². The SMILES string of the molecule is NC[C@@H]1c2ccccc2C[C@H]1N. The Morgan fingerprint density at radius 3 is 2.83 bits per heavy atom. The number of rotatable bonds is 1. The van der Waals surface area contributed by atoms with Gasteiger partial charge in [0.2, 0.25) is 0 Å². The van der Waals surface area contributed by atoms with E-state index >= 15 is 0 Å². The van der Waals surface area contributed by atoms with Gasteiger partial charge in [-0.3, -0.25) is 0 Å². The molecule has 2 heteroatoms. The van der Waals surface area contributed by atoms with Crippen LogP contribution < -0.4 is 11.5 Å². The third kappa shape index (κ3) is 1.04. The van der Waals surface area contributed by atoms with Crippen molar-refractivity contribution in [1.29, 1.82) is 0 Å². The van der Waals surface area contributed by atoms with E-state index in [1.165, 1.54) is 11.1 Å². The highest BCUT2D eigenvalue weighted by molar-refractivity contribution is 5.37. The van der Waals surface area contributed by atoms with Gasteiger partial charge in [-0.15, -0.1) is 0 Å². The molecule has 2 atom stereocenters. The molecule has 4 N–H and O–H groups in total. The van der Waals surface area contributed by atoms with Crippen molar-refractivity contribution in [3.05, 3.63) is 35.4 Å². The minimum absolute atomic E-state index is 0.229. The zero-order chi connectivity index (χ0) is 8.55. The average Bonchev–Trinajstić information content (AvgIpc) is 2.40. The second-order valence-corrected chi connectivity index (χ2v) is 3.41. The molecule has 0 saturated carbocycles. The van der Waals surface area contributed by atoms with E-state index in [0.717, 1.165) is 6.42 Å². The summed E-state index contributed by atoms with van der Waals surface area (Å²) in [6, 6.07) is 8.63. The van der Waals surface area contributed by atoms with Crippen LogP contribution in [-0.4, -0.2) is 12.6 Å². The van der Waals surface area contributed by atoms with Crippen LogP contribution in [0.4, 0.5) is 0 Å². The van der Waals surface area contributed by atoms with Gasteiger partial charge in [-0.2, -0.15) is 0 Å². The molecule has 1 aromatic carbocycles. The normalized spacial score (nSPS) is 27.2. The van der Waals surface area contributed by atoms with Crippen molar-refractivity contribution in [3.63, 3.8) is 0 Å². The van der Waals surface area contributed by atoms with Gasteiger partial charge in [-0.1, -0.05) is 24.3 Å². The van der Waals surface area contributed by atoms with E-state index < -0.39 is 0 Å². The molecule has 1 aromatic rings. The lowest BCUT2D eigenvalue weighted by molar-refractivity contribution is 0.581. The van der Waals surface area contributed by atoms with Crippen LogP contribution >= 0.6 is 0 Å². The molecule has 2 nitrogen and oxygen atoms in total. The molecule has 0 radical (unpaired) electrons. The molecule has 0 heterocycles. The van der Waals surface area contributed by atoms with E-state index in [1.807, 2.05) is 0 Å². The molecule has 0 fully saturated rings. The predicted octanol–water partition coefficient (Wildman–Crippen LogP) is 0.612. The molecule has 2 rings (SSSR count). The maximum absolute atomic E-state index is 5.96. The molecular weight excluding hydrogens is 148 g/mol. The monoisotopic (exact) mass is 162 g/mol. The van der Waals surface area contributed by atoms with Crippen LogP contribution in [0.5, 0.6) is 0 Å². The lowest BCUT2D eigenvalue weighted by atomic mass is 9.99. The highest BCUT2D eigenvalue weighted by Crippen LogP contribution is 2.30. The van der Waals surface area contributed by atoms with Crippen LogP contribution in [0.1, 0.15) is 17.0 Å². The molecule has 1 aliphatic rings. The first-order valence-electron chi connectivity index (χ1n) is 4.36.